The predicted octanol–water partition coefficient (Wildman–Crippen LogP) is 4.80. The van der Waals surface area contributed by atoms with Crippen LogP contribution in [0.5, 0.6) is 11.5 Å². The second-order valence-electron chi connectivity index (χ2n) is 6.95. The van der Waals surface area contributed by atoms with Crippen LogP contribution in [0.25, 0.3) is 6.08 Å². The zero-order chi connectivity index (χ0) is 23.0. The number of amides is 1. The number of ether oxygens (including phenoxy) is 2. The zero-order valence-electron chi connectivity index (χ0n) is 17.8. The summed E-state index contributed by atoms with van der Waals surface area (Å²) in [5.74, 6) is 0.818. The van der Waals surface area contributed by atoms with Crippen molar-refractivity contribution < 1.29 is 14.3 Å². The highest BCUT2D eigenvalue weighted by molar-refractivity contribution is 8.18. The van der Waals surface area contributed by atoms with E-state index in [2.05, 4.69) is 4.98 Å². The van der Waals surface area contributed by atoms with Crippen molar-refractivity contribution in [2.75, 3.05) is 13.7 Å². The fraction of sp³-hybridized carbons (Fsp3) is 0.120. The maximum atomic E-state index is 13.3. The molecular weight excluding hydrogens is 436 g/mol. The Labute approximate surface area is 196 Å². The van der Waals surface area contributed by atoms with Gasteiger partial charge in [0.25, 0.3) is 5.91 Å². The van der Waals surface area contributed by atoms with Crippen LogP contribution in [0.2, 0.25) is 0 Å². The number of nitrogens with zero attached hydrogens (tertiary/aromatic N) is 4. The van der Waals surface area contributed by atoms with Crippen LogP contribution in [0, 0.1) is 11.3 Å². The maximum Gasteiger partial charge on any atom is 0.267 e. The molecule has 1 aromatic heterocycles. The van der Waals surface area contributed by atoms with Crippen molar-refractivity contribution in [3.05, 3.63) is 89.1 Å². The number of rotatable bonds is 7. The highest BCUT2D eigenvalue weighted by Gasteiger charge is 2.33. The van der Waals surface area contributed by atoms with E-state index in [1.165, 1.54) is 18.9 Å². The van der Waals surface area contributed by atoms with Gasteiger partial charge in [-0.1, -0.05) is 30.3 Å². The number of para-hydroxylation sites is 1. The van der Waals surface area contributed by atoms with Gasteiger partial charge in [-0.2, -0.15) is 5.26 Å². The number of aliphatic imine (C=N–C) groups is 1. The van der Waals surface area contributed by atoms with Gasteiger partial charge in [-0.25, -0.2) is 4.99 Å². The van der Waals surface area contributed by atoms with Crippen molar-refractivity contribution in [1.29, 1.82) is 5.26 Å². The maximum absolute atomic E-state index is 13.3. The predicted molar refractivity (Wildman–Crippen MR) is 128 cm³/mol. The smallest absolute Gasteiger partial charge is 0.267 e. The fourth-order valence-corrected chi connectivity index (χ4v) is 4.17. The lowest BCUT2D eigenvalue weighted by molar-refractivity contribution is -0.122. The minimum absolute atomic E-state index is 0.0756. The molecule has 0 unspecified atom stereocenters. The van der Waals surface area contributed by atoms with Crippen molar-refractivity contribution >= 4 is 34.6 Å². The van der Waals surface area contributed by atoms with Gasteiger partial charge in [-0.05, 0) is 59.3 Å². The quantitative estimate of drug-likeness (QED) is 0.475. The van der Waals surface area contributed by atoms with Crippen LogP contribution in [0.15, 0.2) is 83.0 Å². The Balaban J connectivity index is 1.66. The van der Waals surface area contributed by atoms with Gasteiger partial charge < -0.3 is 9.47 Å². The van der Waals surface area contributed by atoms with Crippen LogP contribution < -0.4 is 9.47 Å². The largest absolute Gasteiger partial charge is 0.493 e. The normalized spacial score (nSPS) is 15.6. The fourth-order valence-electron chi connectivity index (χ4n) is 3.17. The molecule has 0 spiro atoms. The number of amidine groups is 1. The number of pyridine rings is 1. The average Bonchev–Trinajstić information content (AvgIpc) is 3.13. The molecular formula is C25H20N4O3S. The van der Waals surface area contributed by atoms with Gasteiger partial charge in [0.2, 0.25) is 0 Å². The first-order valence-corrected chi connectivity index (χ1v) is 10.9. The first-order chi connectivity index (χ1) is 16.2. The molecule has 1 aliphatic heterocycles. The van der Waals surface area contributed by atoms with E-state index in [9.17, 15) is 4.79 Å². The van der Waals surface area contributed by atoms with Crippen LogP contribution >= 0.6 is 11.8 Å². The van der Waals surface area contributed by atoms with Gasteiger partial charge in [-0.3, -0.25) is 14.7 Å². The van der Waals surface area contributed by atoms with Gasteiger partial charge in [-0.15, -0.1) is 0 Å². The van der Waals surface area contributed by atoms with E-state index in [-0.39, 0.29) is 12.5 Å². The molecule has 4 rings (SSSR count). The summed E-state index contributed by atoms with van der Waals surface area (Å²) < 4.78 is 10.8. The second-order valence-corrected chi connectivity index (χ2v) is 7.96. The molecule has 3 aromatic rings. The van der Waals surface area contributed by atoms with E-state index in [0.717, 1.165) is 16.8 Å². The number of thioether (sulfide) groups is 1. The third-order valence-electron chi connectivity index (χ3n) is 4.71. The average molecular weight is 457 g/mol. The molecule has 2 aromatic carbocycles. The second kappa shape index (κ2) is 10.5. The number of methoxy groups -OCH3 is 1. The van der Waals surface area contributed by atoms with Crippen molar-refractivity contribution in [3.8, 4) is 17.6 Å². The molecule has 0 atom stereocenters. The number of benzene rings is 2. The lowest BCUT2D eigenvalue weighted by Gasteiger charge is -2.15. The molecule has 0 radical (unpaired) electrons. The molecule has 33 heavy (non-hydrogen) atoms. The van der Waals surface area contributed by atoms with Crippen molar-refractivity contribution in [3.63, 3.8) is 0 Å². The Morgan fingerprint density at radius 3 is 2.73 bits per heavy atom. The summed E-state index contributed by atoms with van der Waals surface area (Å²) in [4.78, 5) is 24.4. The molecule has 0 N–H and O–H groups in total. The van der Waals surface area contributed by atoms with E-state index in [4.69, 9.17) is 19.7 Å². The van der Waals surface area contributed by atoms with E-state index < -0.39 is 0 Å². The Hall–Kier alpha value is -4.09. The molecule has 1 fully saturated rings. The summed E-state index contributed by atoms with van der Waals surface area (Å²) >= 11 is 1.32. The molecule has 1 saturated heterocycles. The van der Waals surface area contributed by atoms with Crippen LogP contribution in [-0.2, 0) is 11.3 Å². The van der Waals surface area contributed by atoms with Gasteiger partial charge in [0.15, 0.2) is 23.3 Å². The number of hydrogen-bond acceptors (Lipinski definition) is 7. The van der Waals surface area contributed by atoms with Gasteiger partial charge in [0.1, 0.15) is 6.07 Å². The topological polar surface area (TPSA) is 87.8 Å². The van der Waals surface area contributed by atoms with Gasteiger partial charge in [0, 0.05) is 12.4 Å². The van der Waals surface area contributed by atoms with Gasteiger partial charge >= 0.3 is 0 Å². The highest BCUT2D eigenvalue weighted by atomic mass is 32.2. The van der Waals surface area contributed by atoms with Crippen LogP contribution in [0.4, 0.5) is 5.69 Å². The Bertz CT molecular complexity index is 1240. The third kappa shape index (κ3) is 5.40. The molecule has 0 bridgehead atoms. The number of carbonyl (C=O) groups excluding carboxylic acids is 1. The molecule has 8 heteroatoms. The van der Waals surface area contributed by atoms with Crippen LogP contribution in [0.1, 0.15) is 11.1 Å². The van der Waals surface area contributed by atoms with E-state index >= 15 is 0 Å². The Morgan fingerprint density at radius 2 is 2.00 bits per heavy atom. The number of carbonyl (C=O) groups is 1. The van der Waals surface area contributed by atoms with Crippen molar-refractivity contribution in [1.82, 2.24) is 9.88 Å². The first kappa shape index (κ1) is 22.1. The molecule has 7 nitrogen and oxygen atoms in total. The molecule has 2 heterocycles. The van der Waals surface area contributed by atoms with Gasteiger partial charge in [0.05, 0.1) is 24.2 Å². The SMILES string of the molecule is COc1cc(C=C2SC(=Nc3ccccc3)N(Cc3cccnc3)C2=O)ccc1OCC#N. The molecule has 164 valence electrons. The van der Waals surface area contributed by atoms with E-state index in [1.807, 2.05) is 54.6 Å². The number of nitriles is 1. The van der Waals surface area contributed by atoms with E-state index in [1.54, 1.807) is 35.5 Å². The van der Waals surface area contributed by atoms with Crippen LogP contribution in [0.3, 0.4) is 0 Å². The van der Waals surface area contributed by atoms with Crippen molar-refractivity contribution in [2.45, 2.75) is 6.54 Å². The lowest BCUT2D eigenvalue weighted by Crippen LogP contribution is -2.28. The molecule has 0 saturated carbocycles. The summed E-state index contributed by atoms with van der Waals surface area (Å²) in [6.07, 6.45) is 5.24. The minimum atomic E-state index is -0.137. The highest BCUT2D eigenvalue weighted by Crippen LogP contribution is 2.36. The summed E-state index contributed by atoms with van der Waals surface area (Å²) in [5, 5.41) is 9.34. The zero-order valence-corrected chi connectivity index (χ0v) is 18.7. The summed E-state index contributed by atoms with van der Waals surface area (Å²) in [7, 11) is 1.53. The Kier molecular flexibility index (Phi) is 7.03. The number of aromatic nitrogens is 1. The number of hydrogen-bond donors (Lipinski definition) is 0. The summed E-state index contributed by atoms with van der Waals surface area (Å²) in [6.45, 7) is 0.292. The molecule has 1 amide bonds. The third-order valence-corrected chi connectivity index (χ3v) is 5.72. The minimum Gasteiger partial charge on any atom is -0.493 e. The van der Waals surface area contributed by atoms with Crippen LogP contribution in [-0.4, -0.2) is 34.7 Å². The lowest BCUT2D eigenvalue weighted by atomic mass is 10.2. The standard InChI is InChI=1S/C25H20N4O3S/c1-31-22-14-18(9-10-21(22)32-13-11-26)15-23-24(30)29(17-19-6-5-12-27-16-19)25(33-23)28-20-7-3-2-4-8-20/h2-10,12,14-16H,13,17H2,1H3. The monoisotopic (exact) mass is 456 g/mol. The summed E-state index contributed by atoms with van der Waals surface area (Å²) in [5.41, 5.74) is 2.45. The summed E-state index contributed by atoms with van der Waals surface area (Å²) in [6, 6.07) is 20.5. The van der Waals surface area contributed by atoms with Crippen molar-refractivity contribution in [2.24, 2.45) is 4.99 Å². The van der Waals surface area contributed by atoms with E-state index in [0.29, 0.717) is 28.1 Å². The molecule has 1 aliphatic rings. The Morgan fingerprint density at radius 1 is 1.15 bits per heavy atom. The first-order valence-electron chi connectivity index (χ1n) is 10.1. The molecule has 0 aliphatic carbocycles.